The largest absolute Gasteiger partial charge is 0.398 e. The zero-order valence-electron chi connectivity index (χ0n) is 13.5. The third kappa shape index (κ3) is 3.69. The molecule has 0 saturated carbocycles. The summed E-state index contributed by atoms with van der Waals surface area (Å²) < 4.78 is 52.2. The molecule has 0 spiro atoms. The maximum Gasteiger partial charge on any atom is 0.301 e. The lowest BCUT2D eigenvalue weighted by atomic mass is 10.2. The zero-order valence-corrected chi connectivity index (χ0v) is 15.1. The third-order valence-corrected chi connectivity index (χ3v) is 6.66. The lowest BCUT2D eigenvalue weighted by molar-refractivity contribution is 0.527. The van der Waals surface area contributed by atoms with Crippen LogP contribution in [0.25, 0.3) is 0 Å². The molecule has 0 aromatic heterocycles. The van der Waals surface area contributed by atoms with Crippen LogP contribution in [0, 0.1) is 6.92 Å². The van der Waals surface area contributed by atoms with Crippen molar-refractivity contribution >= 4 is 31.4 Å². The Kier molecular flexibility index (Phi) is 4.88. The lowest BCUT2D eigenvalue weighted by Gasteiger charge is -2.15. The van der Waals surface area contributed by atoms with Crippen LogP contribution in [0.1, 0.15) is 5.56 Å². The van der Waals surface area contributed by atoms with Crippen molar-refractivity contribution in [3.05, 3.63) is 48.0 Å². The minimum atomic E-state index is -3.78. The number of anilines is 2. The Morgan fingerprint density at radius 3 is 2.04 bits per heavy atom. The fourth-order valence-electron chi connectivity index (χ4n) is 1.94. The van der Waals surface area contributed by atoms with Crippen LogP contribution in [-0.4, -0.2) is 35.2 Å². The van der Waals surface area contributed by atoms with E-state index in [1.54, 1.807) is 12.1 Å². The Bertz CT molecular complexity index is 951. The predicted molar refractivity (Wildman–Crippen MR) is 93.7 cm³/mol. The quantitative estimate of drug-likeness (QED) is 0.779. The van der Waals surface area contributed by atoms with Crippen LogP contribution in [0.4, 0.5) is 11.4 Å². The summed E-state index contributed by atoms with van der Waals surface area (Å²) in [6, 6.07) is 10.3. The molecule has 0 bridgehead atoms. The molecule has 0 radical (unpaired) electrons. The van der Waals surface area contributed by atoms with E-state index in [4.69, 9.17) is 5.73 Å². The van der Waals surface area contributed by atoms with Gasteiger partial charge in [0.15, 0.2) is 0 Å². The van der Waals surface area contributed by atoms with Crippen molar-refractivity contribution in [2.45, 2.75) is 16.7 Å². The number of hydrogen-bond donors (Lipinski definition) is 2. The Hall–Kier alpha value is -2.10. The van der Waals surface area contributed by atoms with E-state index in [1.807, 2.05) is 6.92 Å². The Balaban J connectivity index is 2.41. The summed E-state index contributed by atoms with van der Waals surface area (Å²) in [6.45, 7) is 1.86. The van der Waals surface area contributed by atoms with E-state index < -0.39 is 20.0 Å². The summed E-state index contributed by atoms with van der Waals surface area (Å²) in [7, 11) is -4.72. The van der Waals surface area contributed by atoms with Gasteiger partial charge in [0, 0.05) is 14.1 Å². The molecule has 2 rings (SSSR count). The number of nitrogen functional groups attached to an aromatic ring is 1. The molecule has 0 amide bonds. The molecule has 2 aromatic carbocycles. The highest BCUT2D eigenvalue weighted by molar-refractivity contribution is 7.91. The SMILES string of the molecule is Cc1ccc(S(=O)(=O)c2ccc(NS(=O)(=O)N(C)C)cc2N)cc1. The fraction of sp³-hybridized carbons (Fsp3) is 0.200. The minimum absolute atomic E-state index is 0.0328. The first-order valence-corrected chi connectivity index (χ1v) is 9.88. The lowest BCUT2D eigenvalue weighted by Crippen LogP contribution is -2.29. The molecular formula is C15H19N3O4S2. The van der Waals surface area contributed by atoms with Crippen molar-refractivity contribution in [2.75, 3.05) is 24.6 Å². The molecule has 3 N–H and O–H groups in total. The van der Waals surface area contributed by atoms with Gasteiger partial charge in [-0.2, -0.15) is 12.7 Å². The number of rotatable bonds is 5. The molecule has 0 atom stereocenters. The summed E-state index contributed by atoms with van der Waals surface area (Å²) in [4.78, 5) is 0.0561. The topological polar surface area (TPSA) is 110 Å². The van der Waals surface area contributed by atoms with E-state index >= 15 is 0 Å². The Morgan fingerprint density at radius 2 is 1.54 bits per heavy atom. The monoisotopic (exact) mass is 369 g/mol. The van der Waals surface area contributed by atoms with Gasteiger partial charge < -0.3 is 5.73 Å². The second kappa shape index (κ2) is 6.42. The smallest absolute Gasteiger partial charge is 0.301 e. The van der Waals surface area contributed by atoms with Gasteiger partial charge >= 0.3 is 10.2 Å². The standard InChI is InChI=1S/C15H19N3O4S2/c1-11-4-7-13(8-5-11)23(19,20)15-9-6-12(10-14(15)16)17-24(21,22)18(2)3/h4-10,17H,16H2,1-3H3. The van der Waals surface area contributed by atoms with E-state index in [9.17, 15) is 16.8 Å². The van der Waals surface area contributed by atoms with Crippen molar-refractivity contribution < 1.29 is 16.8 Å². The van der Waals surface area contributed by atoms with Crippen molar-refractivity contribution in [3.8, 4) is 0 Å². The van der Waals surface area contributed by atoms with Crippen molar-refractivity contribution in [1.82, 2.24) is 4.31 Å². The Labute approximate surface area is 142 Å². The highest BCUT2D eigenvalue weighted by Gasteiger charge is 2.21. The first-order valence-electron chi connectivity index (χ1n) is 6.95. The van der Waals surface area contributed by atoms with Crippen LogP contribution < -0.4 is 10.5 Å². The number of benzene rings is 2. The molecule has 0 aliphatic rings. The molecule has 0 unspecified atom stereocenters. The Morgan fingerprint density at radius 1 is 0.958 bits per heavy atom. The van der Waals surface area contributed by atoms with Gasteiger partial charge in [0.05, 0.1) is 21.2 Å². The molecule has 9 heteroatoms. The normalized spacial score (nSPS) is 12.3. The highest BCUT2D eigenvalue weighted by Crippen LogP contribution is 2.28. The van der Waals surface area contributed by atoms with Gasteiger partial charge in [-0.25, -0.2) is 8.42 Å². The van der Waals surface area contributed by atoms with Crippen LogP contribution in [0.15, 0.2) is 52.3 Å². The van der Waals surface area contributed by atoms with Crippen LogP contribution in [-0.2, 0) is 20.0 Å². The number of aryl methyl sites for hydroxylation is 1. The van der Waals surface area contributed by atoms with Gasteiger partial charge in [-0.1, -0.05) is 17.7 Å². The van der Waals surface area contributed by atoms with Crippen LogP contribution in [0.5, 0.6) is 0 Å². The van der Waals surface area contributed by atoms with Crippen molar-refractivity contribution in [3.63, 3.8) is 0 Å². The van der Waals surface area contributed by atoms with E-state index in [2.05, 4.69) is 4.72 Å². The molecule has 130 valence electrons. The maximum absolute atomic E-state index is 12.6. The summed E-state index contributed by atoms with van der Waals surface area (Å²) in [5.74, 6) is 0. The van der Waals surface area contributed by atoms with Gasteiger partial charge in [0.25, 0.3) is 0 Å². The average Bonchev–Trinajstić information content (AvgIpc) is 2.46. The summed E-state index contributed by atoms with van der Waals surface area (Å²) >= 11 is 0. The molecule has 24 heavy (non-hydrogen) atoms. The van der Waals surface area contributed by atoms with E-state index in [1.165, 1.54) is 44.4 Å². The van der Waals surface area contributed by atoms with Gasteiger partial charge in [-0.15, -0.1) is 0 Å². The highest BCUT2D eigenvalue weighted by atomic mass is 32.2. The average molecular weight is 369 g/mol. The molecule has 2 aromatic rings. The predicted octanol–water partition coefficient (Wildman–Crippen LogP) is 1.63. The van der Waals surface area contributed by atoms with Crippen molar-refractivity contribution in [2.24, 2.45) is 0 Å². The molecule has 0 aliphatic carbocycles. The summed E-state index contributed by atoms with van der Waals surface area (Å²) in [5, 5.41) is 0. The zero-order chi connectivity index (χ0) is 18.1. The first kappa shape index (κ1) is 18.2. The number of sulfone groups is 1. The van der Waals surface area contributed by atoms with E-state index in [0.717, 1.165) is 9.87 Å². The van der Waals surface area contributed by atoms with Gasteiger partial charge in [0.1, 0.15) is 0 Å². The number of nitrogens with two attached hydrogens (primary N) is 1. The van der Waals surface area contributed by atoms with Crippen LogP contribution >= 0.6 is 0 Å². The van der Waals surface area contributed by atoms with Crippen LogP contribution in [0.2, 0.25) is 0 Å². The van der Waals surface area contributed by atoms with Crippen LogP contribution in [0.3, 0.4) is 0 Å². The second-order valence-electron chi connectivity index (χ2n) is 5.46. The first-order chi connectivity index (χ1) is 11.0. The number of nitrogens with zero attached hydrogens (tertiary/aromatic N) is 1. The molecule has 0 fully saturated rings. The molecular weight excluding hydrogens is 350 g/mol. The second-order valence-corrected chi connectivity index (χ2v) is 9.26. The number of nitrogens with one attached hydrogen (secondary N) is 1. The van der Waals surface area contributed by atoms with Gasteiger partial charge in [0.2, 0.25) is 9.84 Å². The molecule has 7 nitrogen and oxygen atoms in total. The maximum atomic E-state index is 12.6. The summed E-state index contributed by atoms with van der Waals surface area (Å²) in [6.07, 6.45) is 0. The van der Waals surface area contributed by atoms with Gasteiger partial charge in [-0.3, -0.25) is 4.72 Å². The third-order valence-electron chi connectivity index (χ3n) is 3.36. The molecule has 0 saturated heterocycles. The van der Waals surface area contributed by atoms with Crippen molar-refractivity contribution in [1.29, 1.82) is 0 Å². The van der Waals surface area contributed by atoms with E-state index in [-0.39, 0.29) is 21.2 Å². The molecule has 0 aliphatic heterocycles. The fourth-order valence-corrected chi connectivity index (χ4v) is 3.91. The molecule has 0 heterocycles. The van der Waals surface area contributed by atoms with E-state index in [0.29, 0.717) is 0 Å². The minimum Gasteiger partial charge on any atom is -0.398 e. The summed E-state index contributed by atoms with van der Waals surface area (Å²) in [5.41, 5.74) is 6.93. The van der Waals surface area contributed by atoms with Gasteiger partial charge in [-0.05, 0) is 37.3 Å². The number of hydrogen-bond acceptors (Lipinski definition) is 5.